The van der Waals surface area contributed by atoms with Crippen LogP contribution in [0.3, 0.4) is 0 Å². The van der Waals surface area contributed by atoms with Gasteiger partial charge >= 0.3 is 0 Å². The van der Waals surface area contributed by atoms with E-state index in [2.05, 4.69) is 20.8 Å². The van der Waals surface area contributed by atoms with Crippen LogP contribution in [-0.4, -0.2) is 45.4 Å². The maximum atomic E-state index is 12.9. The van der Waals surface area contributed by atoms with Crippen molar-refractivity contribution >= 4 is 39.9 Å². The molecule has 9 nitrogen and oxygen atoms in total. The van der Waals surface area contributed by atoms with Gasteiger partial charge < -0.3 is 15.5 Å². The summed E-state index contributed by atoms with van der Waals surface area (Å²) >= 11 is 0. The van der Waals surface area contributed by atoms with E-state index < -0.39 is 6.04 Å². The Labute approximate surface area is 176 Å². The Morgan fingerprint density at radius 1 is 1.13 bits per heavy atom. The fourth-order valence-electron chi connectivity index (χ4n) is 4.22. The molecule has 5 rings (SSSR count). The number of aromatic amines is 1. The van der Waals surface area contributed by atoms with Gasteiger partial charge in [0.25, 0.3) is 11.5 Å². The molecule has 3 aromatic rings. The SMILES string of the molecule is O=C(Cc1n[nH]c(=O)c2ccccc12)Nc1ccc2c(c1)C(=O)N1CCC[C@H]1C(=O)N2. The van der Waals surface area contributed by atoms with E-state index in [9.17, 15) is 19.2 Å². The van der Waals surface area contributed by atoms with Crippen LogP contribution in [0.1, 0.15) is 28.9 Å². The van der Waals surface area contributed by atoms with Crippen LogP contribution in [0.15, 0.2) is 47.3 Å². The maximum Gasteiger partial charge on any atom is 0.272 e. The third kappa shape index (κ3) is 3.33. The number of anilines is 2. The number of carbonyl (C=O) groups is 3. The Morgan fingerprint density at radius 3 is 2.77 bits per heavy atom. The third-order valence-electron chi connectivity index (χ3n) is 5.71. The van der Waals surface area contributed by atoms with Crippen LogP contribution < -0.4 is 16.2 Å². The van der Waals surface area contributed by atoms with Crippen LogP contribution in [0.25, 0.3) is 10.8 Å². The highest BCUT2D eigenvalue weighted by Gasteiger charge is 2.38. The summed E-state index contributed by atoms with van der Waals surface area (Å²) in [7, 11) is 0. The van der Waals surface area contributed by atoms with Crippen LogP contribution in [0.4, 0.5) is 11.4 Å². The van der Waals surface area contributed by atoms with E-state index in [1.165, 1.54) is 0 Å². The normalized spacial score (nSPS) is 17.7. The van der Waals surface area contributed by atoms with Crippen molar-refractivity contribution in [2.24, 2.45) is 0 Å². The highest BCUT2D eigenvalue weighted by Crippen LogP contribution is 2.30. The number of benzene rings is 2. The first kappa shape index (κ1) is 19.0. The standard InChI is InChI=1S/C22H19N5O4/c28-19(11-17-13-4-1-2-5-14(13)20(29)26-25-17)23-12-7-8-16-15(10-12)22(31)27-9-3-6-18(27)21(30)24-16/h1-2,4-5,7-8,10,18H,3,6,9,11H2,(H,23,28)(H,24,30)(H,26,29)/t18-/m0/s1. The van der Waals surface area contributed by atoms with Gasteiger partial charge in [0.1, 0.15) is 6.04 Å². The number of amides is 3. The molecule has 156 valence electrons. The summed E-state index contributed by atoms with van der Waals surface area (Å²) in [5.41, 5.74) is 1.37. The van der Waals surface area contributed by atoms with Crippen molar-refractivity contribution in [3.63, 3.8) is 0 Å². The first-order valence-corrected chi connectivity index (χ1v) is 10.0. The molecule has 0 unspecified atom stereocenters. The molecule has 1 aromatic heterocycles. The smallest absolute Gasteiger partial charge is 0.272 e. The number of H-pyrrole nitrogens is 1. The third-order valence-corrected chi connectivity index (χ3v) is 5.71. The molecule has 9 heteroatoms. The maximum absolute atomic E-state index is 12.9. The van der Waals surface area contributed by atoms with Gasteiger partial charge in [-0.1, -0.05) is 18.2 Å². The fraction of sp³-hybridized carbons (Fsp3) is 0.227. The van der Waals surface area contributed by atoms with Crippen molar-refractivity contribution in [2.75, 3.05) is 17.2 Å². The lowest BCUT2D eigenvalue weighted by molar-refractivity contribution is -0.119. The molecular formula is C22H19N5O4. The van der Waals surface area contributed by atoms with Gasteiger partial charge in [0, 0.05) is 17.6 Å². The minimum atomic E-state index is -0.447. The topological polar surface area (TPSA) is 124 Å². The van der Waals surface area contributed by atoms with E-state index in [1.807, 2.05) is 0 Å². The quantitative estimate of drug-likeness (QED) is 0.598. The number of nitrogens with zero attached hydrogens (tertiary/aromatic N) is 2. The van der Waals surface area contributed by atoms with Gasteiger partial charge in [-0.25, -0.2) is 5.10 Å². The molecule has 3 amide bonds. The molecule has 2 aliphatic heterocycles. The van der Waals surface area contributed by atoms with Crippen molar-refractivity contribution in [2.45, 2.75) is 25.3 Å². The number of hydrogen-bond donors (Lipinski definition) is 3. The zero-order chi connectivity index (χ0) is 21.5. The van der Waals surface area contributed by atoms with Crippen LogP contribution >= 0.6 is 0 Å². The number of fused-ring (bicyclic) bond motifs is 3. The fourth-order valence-corrected chi connectivity index (χ4v) is 4.22. The van der Waals surface area contributed by atoms with Gasteiger partial charge in [-0.2, -0.15) is 5.10 Å². The molecule has 0 saturated carbocycles. The summed E-state index contributed by atoms with van der Waals surface area (Å²) in [6.07, 6.45) is 1.39. The molecule has 1 saturated heterocycles. The lowest BCUT2D eigenvalue weighted by Crippen LogP contribution is -2.40. The summed E-state index contributed by atoms with van der Waals surface area (Å²) < 4.78 is 0. The van der Waals surface area contributed by atoms with Crippen LogP contribution in [0.5, 0.6) is 0 Å². The molecular weight excluding hydrogens is 398 g/mol. The summed E-state index contributed by atoms with van der Waals surface area (Å²) in [5.74, 6) is -0.744. The molecule has 3 heterocycles. The van der Waals surface area contributed by atoms with E-state index in [0.717, 1.165) is 6.42 Å². The molecule has 0 bridgehead atoms. The summed E-state index contributed by atoms with van der Waals surface area (Å²) in [6.45, 7) is 0.540. The number of hydrogen-bond acceptors (Lipinski definition) is 5. The van der Waals surface area contributed by atoms with E-state index >= 15 is 0 Å². The Bertz CT molecular complexity index is 1300. The predicted octanol–water partition coefficient (Wildman–Crippen LogP) is 1.66. The van der Waals surface area contributed by atoms with Gasteiger partial charge in [-0.05, 0) is 37.1 Å². The van der Waals surface area contributed by atoms with Crippen molar-refractivity contribution in [1.82, 2.24) is 15.1 Å². The Hall–Kier alpha value is -4.01. The first-order valence-electron chi connectivity index (χ1n) is 10.0. The second-order valence-corrected chi connectivity index (χ2v) is 7.68. The molecule has 1 fully saturated rings. The molecule has 1 atom stereocenters. The van der Waals surface area contributed by atoms with Crippen LogP contribution in [0, 0.1) is 0 Å². The van der Waals surface area contributed by atoms with Crippen molar-refractivity contribution < 1.29 is 14.4 Å². The van der Waals surface area contributed by atoms with Crippen molar-refractivity contribution in [1.29, 1.82) is 0 Å². The van der Waals surface area contributed by atoms with E-state index in [0.29, 0.717) is 46.4 Å². The van der Waals surface area contributed by atoms with Crippen molar-refractivity contribution in [3.8, 4) is 0 Å². The van der Waals surface area contributed by atoms with E-state index in [4.69, 9.17) is 0 Å². The van der Waals surface area contributed by atoms with E-state index in [-0.39, 0.29) is 29.7 Å². The number of carbonyl (C=O) groups excluding carboxylic acids is 3. The predicted molar refractivity (Wildman–Crippen MR) is 114 cm³/mol. The molecule has 31 heavy (non-hydrogen) atoms. The van der Waals surface area contributed by atoms with Gasteiger partial charge in [0.15, 0.2) is 0 Å². The Morgan fingerprint density at radius 2 is 1.94 bits per heavy atom. The lowest BCUT2D eigenvalue weighted by atomic mass is 10.1. The largest absolute Gasteiger partial charge is 0.327 e. The zero-order valence-corrected chi connectivity index (χ0v) is 16.5. The summed E-state index contributed by atoms with van der Waals surface area (Å²) in [4.78, 5) is 51.5. The lowest BCUT2D eigenvalue weighted by Gasteiger charge is -2.20. The number of rotatable bonds is 3. The summed E-state index contributed by atoms with van der Waals surface area (Å²) in [5, 5.41) is 13.1. The highest BCUT2D eigenvalue weighted by atomic mass is 16.2. The van der Waals surface area contributed by atoms with Gasteiger partial charge in [-0.3, -0.25) is 19.2 Å². The molecule has 0 radical (unpaired) electrons. The molecule has 3 N–H and O–H groups in total. The number of nitrogens with one attached hydrogen (secondary N) is 3. The molecule has 0 aliphatic carbocycles. The van der Waals surface area contributed by atoms with Gasteiger partial charge in [0.2, 0.25) is 11.8 Å². The average molecular weight is 417 g/mol. The van der Waals surface area contributed by atoms with Crippen LogP contribution in [0.2, 0.25) is 0 Å². The summed E-state index contributed by atoms with van der Waals surface area (Å²) in [6, 6.07) is 11.3. The average Bonchev–Trinajstić information content (AvgIpc) is 3.23. The number of aromatic nitrogens is 2. The minimum absolute atomic E-state index is 0.0484. The van der Waals surface area contributed by atoms with Gasteiger partial charge in [0.05, 0.1) is 28.8 Å². The second kappa shape index (κ2) is 7.35. The Kier molecular flexibility index (Phi) is 4.50. The monoisotopic (exact) mass is 417 g/mol. The first-order chi connectivity index (χ1) is 15.0. The molecule has 2 aromatic carbocycles. The molecule has 2 aliphatic rings. The molecule has 0 spiro atoms. The van der Waals surface area contributed by atoms with E-state index in [1.54, 1.807) is 47.4 Å². The zero-order valence-electron chi connectivity index (χ0n) is 16.5. The minimum Gasteiger partial charge on any atom is -0.327 e. The highest BCUT2D eigenvalue weighted by molar-refractivity contribution is 6.11. The van der Waals surface area contributed by atoms with Gasteiger partial charge in [-0.15, -0.1) is 0 Å². The Balaban J connectivity index is 1.39. The van der Waals surface area contributed by atoms with Crippen molar-refractivity contribution in [3.05, 3.63) is 64.1 Å². The van der Waals surface area contributed by atoms with Crippen LogP contribution in [-0.2, 0) is 16.0 Å². The second-order valence-electron chi connectivity index (χ2n) is 7.68.